The minimum Gasteiger partial charge on any atom is -0.144 e. The van der Waals surface area contributed by atoms with E-state index in [9.17, 15) is 0 Å². The first kappa shape index (κ1) is 40.7. The first-order valence-electron chi connectivity index (χ1n) is 14.9. The summed E-state index contributed by atoms with van der Waals surface area (Å²) < 4.78 is 0. The quantitative estimate of drug-likeness (QED) is 0.124. The van der Waals surface area contributed by atoms with Crippen LogP contribution in [0, 0.1) is 28.7 Å². The molecule has 8 aromatic carbocycles. The van der Waals surface area contributed by atoms with E-state index in [2.05, 4.69) is 178 Å². The van der Waals surface area contributed by atoms with Crippen LogP contribution in [-0.2, 0) is 23.3 Å². The Morgan fingerprint density at radius 1 is 0.479 bits per heavy atom. The fourth-order valence-corrected chi connectivity index (χ4v) is 6.10. The van der Waals surface area contributed by atoms with Gasteiger partial charge in [0.25, 0.3) is 0 Å². The van der Waals surface area contributed by atoms with E-state index < -0.39 is 0 Å². The normalized spacial score (nSPS) is 9.77. The molecule has 0 amide bonds. The number of fused-ring (bicyclic) bond motifs is 3. The number of rotatable bonds is 3. The third-order valence-electron chi connectivity index (χ3n) is 8.25. The van der Waals surface area contributed by atoms with Crippen molar-refractivity contribution in [3.8, 4) is 33.4 Å². The van der Waals surface area contributed by atoms with Crippen molar-refractivity contribution in [1.82, 2.24) is 0 Å². The van der Waals surface area contributed by atoms with Crippen LogP contribution in [0.4, 0.5) is 0 Å². The van der Waals surface area contributed by atoms with Gasteiger partial charge in [0, 0.05) is 0 Å². The number of hydrogen-bond donors (Lipinski definition) is 0. The van der Waals surface area contributed by atoms with E-state index in [-0.39, 0.29) is 39.7 Å². The fraction of sp³-hybridized carbons (Fsp3) is 0.0455. The van der Waals surface area contributed by atoms with Crippen molar-refractivity contribution in [3.05, 3.63) is 184 Å². The average Bonchev–Trinajstić information content (AvgIpc) is 3.71. The first-order chi connectivity index (χ1) is 21.6. The number of benzene rings is 6. The van der Waals surface area contributed by atoms with Crippen LogP contribution in [0.15, 0.2) is 158 Å². The van der Waals surface area contributed by atoms with E-state index in [1.54, 1.807) is 0 Å². The Bertz CT molecular complexity index is 2180. The molecule has 242 valence electrons. The Kier molecular flexibility index (Phi) is 16.0. The third-order valence-corrected chi connectivity index (χ3v) is 8.25. The first-order valence-corrected chi connectivity index (χ1v) is 19.0. The maximum atomic E-state index is 3.06. The predicted molar refractivity (Wildman–Crippen MR) is 215 cm³/mol. The van der Waals surface area contributed by atoms with Crippen LogP contribution in [0.25, 0.3) is 65.7 Å². The van der Waals surface area contributed by atoms with Crippen molar-refractivity contribution in [3.63, 3.8) is 0 Å². The summed E-state index contributed by atoms with van der Waals surface area (Å²) in [5.41, 5.74) is 10.4. The summed E-state index contributed by atoms with van der Waals surface area (Å²) in [5.74, 6) is 0. The zero-order valence-corrected chi connectivity index (χ0v) is 32.9. The second-order valence-electron chi connectivity index (χ2n) is 11.1. The molecule has 2 radical (unpaired) electrons. The predicted octanol–water partition coefficient (Wildman–Crippen LogP) is 13.2. The van der Waals surface area contributed by atoms with Gasteiger partial charge in [-0.2, -0.15) is 6.07 Å². The van der Waals surface area contributed by atoms with Crippen molar-refractivity contribution >= 4 is 64.0 Å². The van der Waals surface area contributed by atoms with Gasteiger partial charge < -0.3 is 14.9 Å². The largest absolute Gasteiger partial charge is 0.144 e. The van der Waals surface area contributed by atoms with Crippen molar-refractivity contribution < 1.29 is 23.3 Å². The monoisotopic (exact) mass is 756 g/mol. The molecule has 8 aromatic rings. The van der Waals surface area contributed by atoms with Gasteiger partial charge in [-0.05, 0) is 21.9 Å². The minimum atomic E-state index is 0. The summed E-state index contributed by atoms with van der Waals surface area (Å²) in [6.45, 7) is 7.40. The molecule has 0 unspecified atom stereocenters. The second-order valence-corrected chi connectivity index (χ2v) is 11.1. The summed E-state index contributed by atoms with van der Waals surface area (Å²) in [4.78, 5) is 0. The van der Waals surface area contributed by atoms with Gasteiger partial charge in [0.1, 0.15) is 0 Å². The molecule has 8 rings (SSSR count). The average molecular weight is 759 g/mol. The van der Waals surface area contributed by atoms with Crippen molar-refractivity contribution in [2.75, 3.05) is 0 Å². The van der Waals surface area contributed by atoms with Gasteiger partial charge in [-0.3, -0.25) is 0 Å². The topological polar surface area (TPSA) is 0 Å². The summed E-state index contributed by atoms with van der Waals surface area (Å²) in [5, 5.41) is 7.93. The molecule has 0 aromatic heterocycles. The Morgan fingerprint density at radius 2 is 1.06 bits per heavy atom. The van der Waals surface area contributed by atoms with Gasteiger partial charge in [-0.15, -0.1) is 93.4 Å². The number of halogens is 2. The molecular formula is C44H40Cl2SiZr-4. The van der Waals surface area contributed by atoms with Crippen LogP contribution in [-0.4, -0.2) is 6.88 Å². The summed E-state index contributed by atoms with van der Waals surface area (Å²) in [6.07, 6.45) is 0. The Hall–Kier alpha value is -3.52. The van der Waals surface area contributed by atoms with E-state index in [1.807, 2.05) is 0 Å². The molecule has 48 heavy (non-hydrogen) atoms. The van der Waals surface area contributed by atoms with Crippen molar-refractivity contribution in [2.45, 2.75) is 13.8 Å². The second kappa shape index (κ2) is 18.9. The molecule has 0 saturated carbocycles. The molecular weight excluding hydrogens is 719 g/mol. The third kappa shape index (κ3) is 8.73. The van der Waals surface area contributed by atoms with E-state index in [0.29, 0.717) is 0 Å². The van der Waals surface area contributed by atoms with Gasteiger partial charge in [0.05, 0.1) is 0 Å². The van der Waals surface area contributed by atoms with Crippen LogP contribution in [0.5, 0.6) is 0 Å². The van der Waals surface area contributed by atoms with E-state index in [1.165, 1.54) is 100 Å². The number of hydrogen-bond acceptors (Lipinski definition) is 0. The zero-order valence-electron chi connectivity index (χ0n) is 27.8. The van der Waals surface area contributed by atoms with Crippen LogP contribution in [0.1, 0.15) is 11.1 Å². The molecule has 0 fully saturated rings. The maximum Gasteiger partial charge on any atom is -0.0196 e. The molecule has 0 saturated heterocycles. The Morgan fingerprint density at radius 3 is 1.71 bits per heavy atom. The van der Waals surface area contributed by atoms with Gasteiger partial charge >= 0.3 is 30.2 Å². The SMILES string of the molecule is Cc1cc2c(-c3ccccc3)ccc(C)c2[cH-]1.Cl.Cl.[CH3-].[CH3-].[Si]=[Zr].c1ccc(-c2cccc3[cH-]c(-c4ccc5ccccc5c4)cc23)cc1. The van der Waals surface area contributed by atoms with Crippen LogP contribution in [0.2, 0.25) is 0 Å². The van der Waals surface area contributed by atoms with Crippen LogP contribution in [0.3, 0.4) is 0 Å². The Labute approximate surface area is 316 Å². The van der Waals surface area contributed by atoms with Crippen molar-refractivity contribution in [1.29, 1.82) is 0 Å². The molecule has 0 spiro atoms. The van der Waals surface area contributed by atoms with Gasteiger partial charge in [0.15, 0.2) is 0 Å². The van der Waals surface area contributed by atoms with Gasteiger partial charge in [-0.1, -0.05) is 152 Å². The minimum absolute atomic E-state index is 0. The molecule has 0 aliphatic rings. The molecule has 0 aliphatic carbocycles. The van der Waals surface area contributed by atoms with E-state index >= 15 is 0 Å². The molecule has 0 nitrogen and oxygen atoms in total. The van der Waals surface area contributed by atoms with E-state index in [0.717, 1.165) is 0 Å². The summed E-state index contributed by atoms with van der Waals surface area (Å²) >= 11 is 1.36. The van der Waals surface area contributed by atoms with Crippen molar-refractivity contribution in [2.24, 2.45) is 0 Å². The van der Waals surface area contributed by atoms with Gasteiger partial charge in [-0.25, -0.2) is 0 Å². The maximum absolute atomic E-state index is 3.06. The zero-order chi connectivity index (χ0) is 30.5. The van der Waals surface area contributed by atoms with Gasteiger partial charge in [0.2, 0.25) is 0 Å². The summed E-state index contributed by atoms with van der Waals surface area (Å²) in [6, 6.07) is 56.6. The smallest absolute Gasteiger partial charge is 0.0196 e. The van der Waals surface area contributed by atoms with Crippen LogP contribution < -0.4 is 0 Å². The Balaban J connectivity index is 0.000000310. The molecule has 0 heterocycles. The molecule has 0 aliphatic heterocycles. The fourth-order valence-electron chi connectivity index (χ4n) is 6.10. The molecule has 0 N–H and O–H groups in total. The molecule has 4 heteroatoms. The molecule has 0 bridgehead atoms. The van der Waals surface area contributed by atoms with E-state index in [4.69, 9.17) is 0 Å². The number of aryl methyl sites for hydroxylation is 2. The van der Waals surface area contributed by atoms with Crippen LogP contribution >= 0.6 is 24.8 Å². The summed E-state index contributed by atoms with van der Waals surface area (Å²) in [7, 11) is 0. The standard InChI is InChI=1S/C25H17.C17H15.2CH3.2ClH.Si.Zr/c1-2-8-19(9-3-1)24-12-6-11-22-16-23(17-25(22)24)21-14-13-18-7-4-5-10-20(18)15-21;1-12-10-16-13(2)8-9-15(17(16)11-12)14-6-4-3-5-7-14;;;;;;/h1-17H;3-11H,1-2H3;2*1H3;2*1H;;/q4*-1;;;;. The molecule has 0 atom stereocenters.